The average Bonchev–Trinajstić information content (AvgIpc) is 3.42. The Balaban J connectivity index is 1.57. The number of carbonyl (C=O) groups is 1. The van der Waals surface area contributed by atoms with Crippen molar-refractivity contribution in [2.24, 2.45) is 0 Å². The molecule has 5 rings (SSSR count). The van der Waals surface area contributed by atoms with Crippen LogP contribution in [0.15, 0.2) is 65.6 Å². The van der Waals surface area contributed by atoms with E-state index in [1.165, 1.54) is 39.8 Å². The number of anilines is 1. The van der Waals surface area contributed by atoms with Crippen LogP contribution >= 0.6 is 11.6 Å². The summed E-state index contributed by atoms with van der Waals surface area (Å²) in [6.45, 7) is 1.70. The number of rotatable bonds is 5. The molecule has 12 nitrogen and oxygen atoms in total. The molecule has 0 saturated heterocycles. The molecule has 0 fully saturated rings. The zero-order valence-corrected chi connectivity index (χ0v) is 18.7. The van der Waals surface area contributed by atoms with E-state index in [9.17, 15) is 19.7 Å². The second-order valence-electron chi connectivity index (χ2n) is 7.51. The van der Waals surface area contributed by atoms with Gasteiger partial charge in [-0.2, -0.15) is 19.9 Å². The van der Waals surface area contributed by atoms with Gasteiger partial charge in [0.05, 0.1) is 22.5 Å². The Kier molecular flexibility index (Phi) is 5.34. The van der Waals surface area contributed by atoms with Gasteiger partial charge in [-0.1, -0.05) is 23.7 Å². The number of H-pyrrole nitrogens is 1. The molecular formula is C22H15ClN8O4. The summed E-state index contributed by atoms with van der Waals surface area (Å²) in [7, 11) is 0. The highest BCUT2D eigenvalue weighted by Crippen LogP contribution is 2.21. The molecule has 1 amide bonds. The maximum absolute atomic E-state index is 12.8. The summed E-state index contributed by atoms with van der Waals surface area (Å²) in [5.41, 5.74) is 0.809. The van der Waals surface area contributed by atoms with E-state index in [4.69, 9.17) is 11.6 Å². The Hall–Kier alpha value is -4.84. The zero-order valence-electron chi connectivity index (χ0n) is 18.0. The van der Waals surface area contributed by atoms with Crippen LogP contribution in [-0.4, -0.2) is 40.4 Å². The maximum Gasteiger partial charge on any atom is 0.270 e. The van der Waals surface area contributed by atoms with Crippen LogP contribution in [0.2, 0.25) is 5.02 Å². The highest BCUT2D eigenvalue weighted by Gasteiger charge is 2.18. The fourth-order valence-corrected chi connectivity index (χ4v) is 3.69. The SMILES string of the molecule is Cc1cc(NC(=O)c2cccc([N+](=O)[O-])c2)n(-c2nc3c(cnn3-c3cccc(Cl)c3)c(=O)[nH]2)n1. The molecule has 174 valence electrons. The summed E-state index contributed by atoms with van der Waals surface area (Å²) < 4.78 is 2.73. The lowest BCUT2D eigenvalue weighted by molar-refractivity contribution is -0.384. The number of amides is 1. The molecule has 0 aliphatic rings. The Labute approximate surface area is 200 Å². The minimum absolute atomic E-state index is 0.0359. The Morgan fingerprint density at radius 2 is 1.94 bits per heavy atom. The summed E-state index contributed by atoms with van der Waals surface area (Å²) in [5, 5.41) is 23.0. The molecule has 0 bridgehead atoms. The number of hydrogen-bond donors (Lipinski definition) is 2. The normalized spacial score (nSPS) is 11.0. The molecule has 2 N–H and O–H groups in total. The topological polar surface area (TPSA) is 154 Å². The number of fused-ring (bicyclic) bond motifs is 1. The molecule has 0 atom stereocenters. The molecule has 5 aromatic rings. The predicted octanol–water partition coefficient (Wildman–Crippen LogP) is 3.42. The third kappa shape index (κ3) is 4.13. The lowest BCUT2D eigenvalue weighted by Crippen LogP contribution is -2.19. The lowest BCUT2D eigenvalue weighted by Gasteiger charge is -2.09. The van der Waals surface area contributed by atoms with Crippen LogP contribution in [0.3, 0.4) is 0 Å². The molecule has 3 heterocycles. The summed E-state index contributed by atoms with van der Waals surface area (Å²) >= 11 is 6.10. The summed E-state index contributed by atoms with van der Waals surface area (Å²) in [6, 6.07) is 13.8. The molecule has 0 saturated carbocycles. The van der Waals surface area contributed by atoms with Crippen LogP contribution in [0.5, 0.6) is 0 Å². The number of nitrogens with zero attached hydrogens (tertiary/aromatic N) is 6. The lowest BCUT2D eigenvalue weighted by atomic mass is 10.2. The number of hydrogen-bond acceptors (Lipinski definition) is 7. The molecule has 0 aliphatic heterocycles. The highest BCUT2D eigenvalue weighted by atomic mass is 35.5. The molecule has 0 spiro atoms. The van der Waals surface area contributed by atoms with E-state index in [0.29, 0.717) is 16.4 Å². The van der Waals surface area contributed by atoms with E-state index in [2.05, 4.69) is 25.5 Å². The molecule has 35 heavy (non-hydrogen) atoms. The molecule has 3 aromatic heterocycles. The van der Waals surface area contributed by atoms with Gasteiger partial charge in [0, 0.05) is 28.8 Å². The fourth-order valence-electron chi connectivity index (χ4n) is 3.50. The second-order valence-corrected chi connectivity index (χ2v) is 7.94. The van der Waals surface area contributed by atoms with Gasteiger partial charge in [0.2, 0.25) is 5.95 Å². The van der Waals surface area contributed by atoms with Gasteiger partial charge in [-0.3, -0.25) is 24.7 Å². The van der Waals surface area contributed by atoms with E-state index in [1.807, 2.05) is 0 Å². The number of nitrogens with one attached hydrogen (secondary N) is 2. The summed E-state index contributed by atoms with van der Waals surface area (Å²) in [5.74, 6) is -0.355. The Morgan fingerprint density at radius 1 is 1.14 bits per heavy atom. The minimum Gasteiger partial charge on any atom is -0.306 e. The molecule has 0 unspecified atom stereocenters. The van der Waals surface area contributed by atoms with Crippen molar-refractivity contribution in [2.75, 3.05) is 5.32 Å². The van der Waals surface area contributed by atoms with E-state index in [1.54, 1.807) is 37.3 Å². The number of benzene rings is 2. The molecule has 13 heteroatoms. The van der Waals surface area contributed by atoms with Gasteiger partial charge >= 0.3 is 0 Å². The van der Waals surface area contributed by atoms with Crippen LogP contribution in [0.1, 0.15) is 16.1 Å². The molecule has 0 aliphatic carbocycles. The fraction of sp³-hybridized carbons (Fsp3) is 0.0455. The largest absolute Gasteiger partial charge is 0.306 e. The predicted molar refractivity (Wildman–Crippen MR) is 127 cm³/mol. The van der Waals surface area contributed by atoms with Gasteiger partial charge in [-0.25, -0.2) is 4.68 Å². The number of aromatic nitrogens is 6. The van der Waals surface area contributed by atoms with Gasteiger partial charge in [0.25, 0.3) is 17.2 Å². The number of nitro benzene ring substituents is 1. The Bertz CT molecular complexity index is 1690. The van der Waals surface area contributed by atoms with Crippen LogP contribution in [0, 0.1) is 17.0 Å². The molecule has 0 radical (unpaired) electrons. The molecular weight excluding hydrogens is 476 g/mol. The zero-order chi connectivity index (χ0) is 24.7. The quantitative estimate of drug-likeness (QED) is 0.282. The van der Waals surface area contributed by atoms with Crippen molar-refractivity contribution in [3.05, 3.63) is 97.5 Å². The summed E-state index contributed by atoms with van der Waals surface area (Å²) in [4.78, 5) is 43.2. The van der Waals surface area contributed by atoms with Crippen molar-refractivity contribution in [1.82, 2.24) is 29.5 Å². The third-order valence-corrected chi connectivity index (χ3v) is 5.31. The number of aromatic amines is 1. The van der Waals surface area contributed by atoms with Crippen LogP contribution in [0.25, 0.3) is 22.7 Å². The van der Waals surface area contributed by atoms with Crippen molar-refractivity contribution in [1.29, 1.82) is 0 Å². The average molecular weight is 491 g/mol. The van der Waals surface area contributed by atoms with Gasteiger partial charge in [0.15, 0.2) is 5.65 Å². The van der Waals surface area contributed by atoms with Crippen LogP contribution < -0.4 is 10.9 Å². The van der Waals surface area contributed by atoms with Gasteiger partial charge in [-0.05, 0) is 31.2 Å². The highest BCUT2D eigenvalue weighted by molar-refractivity contribution is 6.30. The number of aryl methyl sites for hydroxylation is 1. The van der Waals surface area contributed by atoms with Crippen molar-refractivity contribution < 1.29 is 9.72 Å². The summed E-state index contributed by atoms with van der Waals surface area (Å²) in [6.07, 6.45) is 1.39. The smallest absolute Gasteiger partial charge is 0.270 e. The maximum atomic E-state index is 12.8. The van der Waals surface area contributed by atoms with Crippen molar-refractivity contribution in [3.8, 4) is 11.6 Å². The first-order chi connectivity index (χ1) is 16.8. The van der Waals surface area contributed by atoms with Crippen molar-refractivity contribution >= 4 is 40.0 Å². The van der Waals surface area contributed by atoms with E-state index >= 15 is 0 Å². The van der Waals surface area contributed by atoms with Gasteiger partial charge in [0.1, 0.15) is 11.2 Å². The number of nitro groups is 1. The monoisotopic (exact) mass is 490 g/mol. The third-order valence-electron chi connectivity index (χ3n) is 5.07. The van der Waals surface area contributed by atoms with Crippen LogP contribution in [-0.2, 0) is 0 Å². The Morgan fingerprint density at radius 3 is 2.71 bits per heavy atom. The molecule has 2 aromatic carbocycles. The number of halogens is 1. The van der Waals surface area contributed by atoms with Gasteiger partial charge < -0.3 is 5.32 Å². The minimum atomic E-state index is -0.595. The van der Waals surface area contributed by atoms with E-state index in [0.717, 1.165) is 0 Å². The first-order valence-electron chi connectivity index (χ1n) is 10.2. The number of carbonyl (C=O) groups excluding carboxylic acids is 1. The second kappa shape index (κ2) is 8.50. The van der Waals surface area contributed by atoms with Crippen molar-refractivity contribution in [2.45, 2.75) is 6.92 Å². The van der Waals surface area contributed by atoms with Crippen molar-refractivity contribution in [3.63, 3.8) is 0 Å². The first-order valence-corrected chi connectivity index (χ1v) is 10.5. The van der Waals surface area contributed by atoms with E-state index < -0.39 is 16.4 Å². The van der Waals surface area contributed by atoms with E-state index in [-0.39, 0.29) is 34.1 Å². The number of non-ortho nitro benzene ring substituents is 1. The standard InChI is InChI=1S/C22H15ClN8O4/c1-12-8-18(25-20(32)13-4-2-7-16(9-13)31(34)35)30(28-12)22-26-19-17(21(33)27-22)11-24-29(19)15-6-3-5-14(23)10-15/h2-11H,1H3,(H,25,32)(H,26,27,33). The van der Waals surface area contributed by atoms with Crippen LogP contribution in [0.4, 0.5) is 11.5 Å². The van der Waals surface area contributed by atoms with Gasteiger partial charge in [-0.15, -0.1) is 0 Å². The first kappa shape index (κ1) is 22.0.